The van der Waals surface area contributed by atoms with Gasteiger partial charge in [0.15, 0.2) is 0 Å². The minimum Gasteiger partial charge on any atom is -0.200 e. The topological polar surface area (TPSA) is 58.5 Å². The molecule has 0 spiro atoms. The fraction of sp³-hybridized carbons (Fsp3) is 0.417. The average Bonchev–Trinajstić information content (AvgIpc) is 2.28. The molecule has 0 radical (unpaired) electrons. The van der Waals surface area contributed by atoms with E-state index in [0.29, 0.717) is 0 Å². The molecule has 94 valence electrons. The molecule has 0 heterocycles. The number of hydrogen-bond acceptors (Lipinski definition) is 3. The first-order valence-corrected chi connectivity index (χ1v) is 7.05. The Morgan fingerprint density at radius 3 is 2.41 bits per heavy atom. The van der Waals surface area contributed by atoms with E-state index in [9.17, 15) is 8.42 Å². The van der Waals surface area contributed by atoms with E-state index in [1.165, 1.54) is 0 Å². The van der Waals surface area contributed by atoms with Crippen molar-refractivity contribution in [2.45, 2.75) is 38.5 Å². The highest BCUT2D eigenvalue weighted by atomic mass is 32.2. The second-order valence-electron chi connectivity index (χ2n) is 4.00. The molecule has 0 aliphatic carbocycles. The minimum atomic E-state index is -3.53. The Kier molecular flexibility index (Phi) is 4.69. The van der Waals surface area contributed by atoms with Gasteiger partial charge in [0, 0.05) is 5.71 Å². The highest BCUT2D eigenvalue weighted by Gasteiger charge is 2.11. The van der Waals surface area contributed by atoms with Crippen LogP contribution >= 0.6 is 0 Å². The van der Waals surface area contributed by atoms with Gasteiger partial charge >= 0.3 is 0 Å². The Morgan fingerprint density at radius 1 is 1.29 bits per heavy atom. The lowest BCUT2D eigenvalue weighted by molar-refractivity contribution is 0.584. The van der Waals surface area contributed by atoms with E-state index in [0.717, 1.165) is 24.1 Å². The van der Waals surface area contributed by atoms with Gasteiger partial charge in [-0.3, -0.25) is 0 Å². The molecule has 5 heteroatoms. The zero-order chi connectivity index (χ0) is 12.9. The van der Waals surface area contributed by atoms with Crippen LogP contribution in [-0.4, -0.2) is 14.1 Å². The van der Waals surface area contributed by atoms with Gasteiger partial charge in [-0.15, -0.1) is 0 Å². The van der Waals surface area contributed by atoms with Gasteiger partial charge < -0.3 is 0 Å². The second kappa shape index (κ2) is 5.82. The van der Waals surface area contributed by atoms with Crippen LogP contribution in [0.25, 0.3) is 0 Å². The second-order valence-corrected chi connectivity index (χ2v) is 5.67. The summed E-state index contributed by atoms with van der Waals surface area (Å²) >= 11 is 0. The summed E-state index contributed by atoms with van der Waals surface area (Å²) in [6, 6.07) is 6.67. The molecule has 0 saturated heterocycles. The molecule has 1 rings (SSSR count). The molecule has 0 amide bonds. The predicted molar refractivity (Wildman–Crippen MR) is 69.5 cm³/mol. The van der Waals surface area contributed by atoms with Gasteiger partial charge in [-0.05, 0) is 32.4 Å². The molecular weight excluding hydrogens is 236 g/mol. The molecule has 17 heavy (non-hydrogen) atoms. The van der Waals surface area contributed by atoms with Gasteiger partial charge in [-0.1, -0.05) is 31.0 Å². The van der Waals surface area contributed by atoms with E-state index in [1.807, 2.05) is 13.8 Å². The van der Waals surface area contributed by atoms with Crippen LogP contribution in [0.5, 0.6) is 0 Å². The maximum Gasteiger partial charge on any atom is 0.276 e. The lowest BCUT2D eigenvalue weighted by Crippen LogP contribution is -2.19. The Bertz CT molecular complexity index is 490. The van der Waals surface area contributed by atoms with Crippen LogP contribution in [0.2, 0.25) is 0 Å². The summed E-state index contributed by atoms with van der Waals surface area (Å²) in [5, 5.41) is 3.86. The monoisotopic (exact) mass is 254 g/mol. The number of hydrazone groups is 1. The van der Waals surface area contributed by atoms with Gasteiger partial charge in [0.2, 0.25) is 0 Å². The van der Waals surface area contributed by atoms with Crippen molar-refractivity contribution >= 4 is 15.7 Å². The van der Waals surface area contributed by atoms with Crippen molar-refractivity contribution in [1.29, 1.82) is 0 Å². The van der Waals surface area contributed by atoms with E-state index >= 15 is 0 Å². The van der Waals surface area contributed by atoms with Crippen molar-refractivity contribution in [3.63, 3.8) is 0 Å². The third kappa shape index (κ3) is 4.19. The van der Waals surface area contributed by atoms with Crippen LogP contribution < -0.4 is 4.83 Å². The lowest BCUT2D eigenvalue weighted by Gasteiger charge is -2.05. The fourth-order valence-corrected chi connectivity index (χ4v) is 2.20. The van der Waals surface area contributed by atoms with E-state index in [2.05, 4.69) is 9.93 Å². The molecule has 0 fully saturated rings. The number of benzene rings is 1. The van der Waals surface area contributed by atoms with Crippen LogP contribution in [0.4, 0.5) is 0 Å². The van der Waals surface area contributed by atoms with Crippen molar-refractivity contribution in [2.75, 3.05) is 0 Å². The molecule has 1 aromatic rings. The fourth-order valence-electron chi connectivity index (χ4n) is 1.33. The van der Waals surface area contributed by atoms with Crippen LogP contribution in [0.3, 0.4) is 0 Å². The Balaban J connectivity index is 2.82. The van der Waals surface area contributed by atoms with E-state index in [1.54, 1.807) is 31.2 Å². The lowest BCUT2D eigenvalue weighted by atomic mass is 10.2. The molecule has 1 N–H and O–H groups in total. The molecular formula is C12H18N2O2S. The summed E-state index contributed by atoms with van der Waals surface area (Å²) in [6.07, 6.45) is 1.73. The Hall–Kier alpha value is -1.36. The summed E-state index contributed by atoms with van der Waals surface area (Å²) < 4.78 is 23.7. The number of sulfonamides is 1. The smallest absolute Gasteiger partial charge is 0.200 e. The quantitative estimate of drug-likeness (QED) is 0.648. The first-order valence-electron chi connectivity index (χ1n) is 5.57. The zero-order valence-electron chi connectivity index (χ0n) is 10.4. The molecule has 0 aromatic heterocycles. The molecule has 0 aliphatic rings. The molecule has 0 atom stereocenters. The van der Waals surface area contributed by atoms with Gasteiger partial charge in [-0.2, -0.15) is 13.5 Å². The van der Waals surface area contributed by atoms with Crippen LogP contribution in [0.1, 0.15) is 32.3 Å². The number of hydrogen-bond donors (Lipinski definition) is 1. The summed E-state index contributed by atoms with van der Waals surface area (Å²) in [7, 11) is -3.53. The van der Waals surface area contributed by atoms with Crippen molar-refractivity contribution in [3.8, 4) is 0 Å². The van der Waals surface area contributed by atoms with Gasteiger partial charge in [0.1, 0.15) is 0 Å². The van der Waals surface area contributed by atoms with Crippen molar-refractivity contribution in [3.05, 3.63) is 29.8 Å². The minimum absolute atomic E-state index is 0.233. The number of nitrogens with zero attached hydrogens (tertiary/aromatic N) is 1. The van der Waals surface area contributed by atoms with E-state index < -0.39 is 10.0 Å². The summed E-state index contributed by atoms with van der Waals surface area (Å²) in [5.74, 6) is 0. The molecule has 0 aliphatic heterocycles. The number of aryl methyl sites for hydroxylation is 1. The van der Waals surface area contributed by atoms with E-state index in [-0.39, 0.29) is 4.90 Å². The number of rotatable bonds is 5. The highest BCUT2D eigenvalue weighted by Crippen LogP contribution is 2.09. The zero-order valence-corrected chi connectivity index (χ0v) is 11.2. The third-order valence-electron chi connectivity index (χ3n) is 2.30. The van der Waals surface area contributed by atoms with Gasteiger partial charge in [0.25, 0.3) is 10.0 Å². The largest absolute Gasteiger partial charge is 0.276 e. The van der Waals surface area contributed by atoms with Crippen molar-refractivity contribution in [2.24, 2.45) is 5.10 Å². The number of nitrogens with one attached hydrogen (secondary N) is 1. The van der Waals surface area contributed by atoms with E-state index in [4.69, 9.17) is 0 Å². The molecule has 4 nitrogen and oxygen atoms in total. The van der Waals surface area contributed by atoms with Crippen LogP contribution in [0.15, 0.2) is 34.3 Å². The summed E-state index contributed by atoms with van der Waals surface area (Å²) in [6.45, 7) is 5.74. The first kappa shape index (κ1) is 13.7. The summed E-state index contributed by atoms with van der Waals surface area (Å²) in [4.78, 5) is 2.47. The average molecular weight is 254 g/mol. The highest BCUT2D eigenvalue weighted by molar-refractivity contribution is 7.89. The first-order chi connectivity index (χ1) is 7.95. The van der Waals surface area contributed by atoms with Crippen molar-refractivity contribution in [1.82, 2.24) is 4.83 Å². The van der Waals surface area contributed by atoms with Gasteiger partial charge in [-0.25, -0.2) is 4.83 Å². The molecule has 0 unspecified atom stereocenters. The van der Waals surface area contributed by atoms with Crippen LogP contribution in [0, 0.1) is 6.92 Å². The molecule has 0 bridgehead atoms. The predicted octanol–water partition coefficient (Wildman–Crippen LogP) is 2.45. The SMILES string of the molecule is CCC/C(C)=N\NS(=O)(=O)c1ccc(C)cc1. The molecule has 1 aromatic carbocycles. The standard InChI is InChI=1S/C12H18N2O2S/c1-4-5-11(3)13-14-17(15,16)12-8-6-10(2)7-9-12/h6-9,14H,4-5H2,1-3H3/b13-11-. The normalized spacial score (nSPS) is 12.5. The van der Waals surface area contributed by atoms with Crippen molar-refractivity contribution < 1.29 is 8.42 Å². The Labute approximate surface area is 103 Å². The third-order valence-corrected chi connectivity index (χ3v) is 3.52. The summed E-state index contributed by atoms with van der Waals surface area (Å²) in [5.41, 5.74) is 1.80. The van der Waals surface area contributed by atoms with Crippen LogP contribution in [-0.2, 0) is 10.0 Å². The Morgan fingerprint density at radius 2 is 1.88 bits per heavy atom. The van der Waals surface area contributed by atoms with Gasteiger partial charge in [0.05, 0.1) is 4.90 Å². The molecule has 0 saturated carbocycles. The maximum absolute atomic E-state index is 11.8. The maximum atomic E-state index is 11.8.